The normalized spacial score (nSPS) is 9.78. The number of unbranched alkanes of at least 4 members (excludes halogenated alkanes) is 5. The molecule has 18 heavy (non-hydrogen) atoms. The summed E-state index contributed by atoms with van der Waals surface area (Å²) in [5.74, 6) is -0.723. The van der Waals surface area contributed by atoms with Gasteiger partial charge in [-0.05, 0) is 18.9 Å². The van der Waals surface area contributed by atoms with Gasteiger partial charge in [-0.1, -0.05) is 38.8 Å². The van der Waals surface area contributed by atoms with E-state index < -0.39 is 5.97 Å². The number of ether oxygens (including phenoxy) is 1. The first-order chi connectivity index (χ1) is 8.56. The second-order valence-corrected chi connectivity index (χ2v) is 4.16. The number of carbonyl (C=O) groups is 2. The van der Waals surface area contributed by atoms with Gasteiger partial charge in [0, 0.05) is 12.8 Å². The zero-order valence-corrected chi connectivity index (χ0v) is 10.8. The summed E-state index contributed by atoms with van der Waals surface area (Å²) >= 11 is 0. The van der Waals surface area contributed by atoms with E-state index in [0.29, 0.717) is 6.42 Å². The zero-order chi connectivity index (χ0) is 13.8. The Balaban J connectivity index is 3.30. The molecule has 0 rings (SSSR count). The first-order valence-electron chi connectivity index (χ1n) is 6.30. The molecule has 0 aromatic rings. The van der Waals surface area contributed by atoms with Crippen LogP contribution in [0.5, 0.6) is 0 Å². The quantitative estimate of drug-likeness (QED) is 0.265. The smallest absolute Gasteiger partial charge is 0.311 e. The van der Waals surface area contributed by atoms with Gasteiger partial charge in [0.2, 0.25) is 0 Å². The van der Waals surface area contributed by atoms with Gasteiger partial charge in [0.25, 0.3) is 0 Å². The summed E-state index contributed by atoms with van der Waals surface area (Å²) in [6.45, 7) is 6.94. The topological polar surface area (TPSA) is 63.6 Å². The molecule has 0 aliphatic carbocycles. The number of hydrogen-bond acceptors (Lipinski definition) is 3. The van der Waals surface area contributed by atoms with E-state index in [4.69, 9.17) is 9.84 Å². The average molecular weight is 254 g/mol. The second-order valence-electron chi connectivity index (χ2n) is 4.16. The van der Waals surface area contributed by atoms with Gasteiger partial charge >= 0.3 is 11.9 Å². The highest BCUT2D eigenvalue weighted by atomic mass is 16.5. The first-order valence-corrected chi connectivity index (χ1v) is 6.30. The largest absolute Gasteiger partial charge is 0.481 e. The third-order valence-electron chi connectivity index (χ3n) is 2.49. The predicted molar refractivity (Wildman–Crippen MR) is 70.0 cm³/mol. The van der Waals surface area contributed by atoms with Crippen LogP contribution in [0, 0.1) is 0 Å². The monoisotopic (exact) mass is 254 g/mol. The van der Waals surface area contributed by atoms with Crippen LogP contribution in [0.4, 0.5) is 0 Å². The van der Waals surface area contributed by atoms with Crippen molar-refractivity contribution in [2.24, 2.45) is 0 Å². The summed E-state index contributed by atoms with van der Waals surface area (Å²) in [7, 11) is 0. The molecule has 0 aromatic carbocycles. The number of aliphatic carboxylic acids is 1. The lowest BCUT2D eigenvalue weighted by Crippen LogP contribution is -2.02. The van der Waals surface area contributed by atoms with Crippen LogP contribution in [0.2, 0.25) is 0 Å². The van der Waals surface area contributed by atoms with Crippen LogP contribution in [0.1, 0.15) is 51.4 Å². The molecule has 0 saturated carbocycles. The Hall–Kier alpha value is -1.58. The highest BCUT2D eigenvalue weighted by Gasteiger charge is 2.03. The lowest BCUT2D eigenvalue weighted by Gasteiger charge is -2.03. The number of carboxylic acids is 1. The molecule has 102 valence electrons. The third kappa shape index (κ3) is 10.9. The van der Waals surface area contributed by atoms with Crippen molar-refractivity contribution in [3.63, 3.8) is 0 Å². The summed E-state index contributed by atoms with van der Waals surface area (Å²) in [6, 6.07) is 0. The van der Waals surface area contributed by atoms with E-state index in [1.807, 2.05) is 0 Å². The molecule has 0 atom stereocenters. The van der Waals surface area contributed by atoms with Crippen molar-refractivity contribution < 1.29 is 19.4 Å². The van der Waals surface area contributed by atoms with Crippen molar-refractivity contribution in [3.8, 4) is 0 Å². The molecule has 0 bridgehead atoms. The third-order valence-corrected chi connectivity index (χ3v) is 2.49. The standard InChI is InChI=1S/C14H22O4/c1-3-12(2)18-14(17)11-9-7-5-4-6-8-10-13(15)16/h3H,1-2,4-11H2,(H,15,16). The van der Waals surface area contributed by atoms with Gasteiger partial charge in [-0.2, -0.15) is 0 Å². The maximum absolute atomic E-state index is 11.2. The van der Waals surface area contributed by atoms with Gasteiger partial charge in [-0.3, -0.25) is 9.59 Å². The molecule has 4 heteroatoms. The van der Waals surface area contributed by atoms with Gasteiger partial charge in [0.1, 0.15) is 5.76 Å². The molecule has 0 fully saturated rings. The maximum atomic E-state index is 11.2. The van der Waals surface area contributed by atoms with Crippen LogP contribution in [0.15, 0.2) is 25.0 Å². The summed E-state index contributed by atoms with van der Waals surface area (Å²) in [5, 5.41) is 8.44. The fourth-order valence-corrected chi connectivity index (χ4v) is 1.49. The average Bonchev–Trinajstić information content (AvgIpc) is 2.31. The van der Waals surface area contributed by atoms with Crippen LogP contribution >= 0.6 is 0 Å². The SMILES string of the molecule is C=CC(=C)OC(=O)CCCCCCCCC(=O)O. The van der Waals surface area contributed by atoms with Gasteiger partial charge in [-0.25, -0.2) is 0 Å². The van der Waals surface area contributed by atoms with E-state index in [1.165, 1.54) is 6.08 Å². The number of carbonyl (C=O) groups excluding carboxylic acids is 1. The molecule has 0 amide bonds. The zero-order valence-electron chi connectivity index (χ0n) is 10.8. The molecule has 0 radical (unpaired) electrons. The summed E-state index contributed by atoms with van der Waals surface area (Å²) in [4.78, 5) is 21.5. The van der Waals surface area contributed by atoms with E-state index in [1.54, 1.807) is 0 Å². The molecule has 0 heterocycles. The van der Waals surface area contributed by atoms with E-state index in [9.17, 15) is 9.59 Å². The predicted octanol–water partition coefficient (Wildman–Crippen LogP) is 3.43. The number of rotatable bonds is 11. The Morgan fingerprint density at radius 3 is 2.00 bits per heavy atom. The minimum absolute atomic E-state index is 0.246. The molecular formula is C14H22O4. The van der Waals surface area contributed by atoms with Crippen LogP contribution < -0.4 is 0 Å². The van der Waals surface area contributed by atoms with Gasteiger partial charge in [-0.15, -0.1) is 0 Å². The fourth-order valence-electron chi connectivity index (χ4n) is 1.49. The van der Waals surface area contributed by atoms with Crippen LogP contribution in [0.3, 0.4) is 0 Å². The Kier molecular flexibility index (Phi) is 9.64. The Labute approximate surface area is 108 Å². The number of esters is 1. The van der Waals surface area contributed by atoms with Gasteiger partial charge in [0.05, 0.1) is 0 Å². The van der Waals surface area contributed by atoms with Crippen LogP contribution in [0.25, 0.3) is 0 Å². The summed E-state index contributed by atoms with van der Waals surface area (Å²) in [6.07, 6.45) is 7.50. The molecule has 0 saturated heterocycles. The van der Waals surface area contributed by atoms with E-state index in [0.717, 1.165) is 38.5 Å². The maximum Gasteiger partial charge on any atom is 0.311 e. The lowest BCUT2D eigenvalue weighted by atomic mass is 10.1. The van der Waals surface area contributed by atoms with E-state index >= 15 is 0 Å². The summed E-state index contributed by atoms with van der Waals surface area (Å²) in [5.41, 5.74) is 0. The van der Waals surface area contributed by atoms with Gasteiger partial charge in [0.15, 0.2) is 0 Å². The molecule has 4 nitrogen and oxygen atoms in total. The Morgan fingerprint density at radius 2 is 1.50 bits per heavy atom. The molecule has 1 N–H and O–H groups in total. The Bertz CT molecular complexity index is 294. The minimum atomic E-state index is -0.736. The van der Waals surface area contributed by atoms with E-state index in [-0.39, 0.29) is 18.1 Å². The van der Waals surface area contributed by atoms with Crippen molar-refractivity contribution >= 4 is 11.9 Å². The number of allylic oxidation sites excluding steroid dienone is 1. The number of hydrogen-bond donors (Lipinski definition) is 1. The van der Waals surface area contributed by atoms with Crippen molar-refractivity contribution in [2.45, 2.75) is 51.4 Å². The first kappa shape index (κ1) is 16.4. The lowest BCUT2D eigenvalue weighted by molar-refractivity contribution is -0.139. The van der Waals surface area contributed by atoms with Gasteiger partial charge < -0.3 is 9.84 Å². The second kappa shape index (κ2) is 10.6. The van der Waals surface area contributed by atoms with E-state index in [2.05, 4.69) is 13.2 Å². The fraction of sp³-hybridized carbons (Fsp3) is 0.571. The highest BCUT2D eigenvalue weighted by Crippen LogP contribution is 2.09. The van der Waals surface area contributed by atoms with Crippen molar-refractivity contribution in [1.29, 1.82) is 0 Å². The molecule has 0 aromatic heterocycles. The molecular weight excluding hydrogens is 232 g/mol. The molecule has 0 spiro atoms. The molecule has 0 aliphatic rings. The van der Waals surface area contributed by atoms with Crippen LogP contribution in [-0.2, 0) is 14.3 Å². The number of carboxylic acid groups (broad SMARTS) is 1. The van der Waals surface area contributed by atoms with Crippen molar-refractivity contribution in [2.75, 3.05) is 0 Å². The minimum Gasteiger partial charge on any atom is -0.481 e. The van der Waals surface area contributed by atoms with Crippen molar-refractivity contribution in [3.05, 3.63) is 25.0 Å². The molecule has 0 aliphatic heterocycles. The molecule has 0 unspecified atom stereocenters. The van der Waals surface area contributed by atoms with Crippen LogP contribution in [-0.4, -0.2) is 17.0 Å². The van der Waals surface area contributed by atoms with Crippen molar-refractivity contribution in [1.82, 2.24) is 0 Å². The Morgan fingerprint density at radius 1 is 1.00 bits per heavy atom. The summed E-state index contributed by atoms with van der Waals surface area (Å²) < 4.78 is 4.85. The highest BCUT2D eigenvalue weighted by molar-refractivity contribution is 5.70.